The summed E-state index contributed by atoms with van der Waals surface area (Å²) in [7, 11) is 0. The van der Waals surface area contributed by atoms with Crippen molar-refractivity contribution in [1.82, 2.24) is 0 Å². The van der Waals surface area contributed by atoms with Gasteiger partial charge in [-0.25, -0.2) is 4.79 Å². The number of benzene rings is 2. The largest absolute Gasteiger partial charge is 0.481 e. The van der Waals surface area contributed by atoms with E-state index in [-0.39, 0.29) is 12.0 Å². The van der Waals surface area contributed by atoms with Gasteiger partial charge in [-0.15, -0.1) is 0 Å². The number of aliphatic carboxylic acids is 1. The van der Waals surface area contributed by atoms with Crippen LogP contribution in [0.2, 0.25) is 0 Å². The molecule has 0 fully saturated rings. The van der Waals surface area contributed by atoms with Crippen LogP contribution in [0.1, 0.15) is 21.5 Å². The average Bonchev–Trinajstić information content (AvgIpc) is 2.46. The Morgan fingerprint density at radius 3 is 1.95 bits per heavy atom. The second-order valence-corrected chi connectivity index (χ2v) is 4.62. The second-order valence-electron chi connectivity index (χ2n) is 4.62. The van der Waals surface area contributed by atoms with E-state index in [1.165, 1.54) is 0 Å². The van der Waals surface area contributed by atoms with E-state index in [1.54, 1.807) is 36.4 Å². The van der Waals surface area contributed by atoms with E-state index in [0.29, 0.717) is 6.54 Å². The van der Waals surface area contributed by atoms with Gasteiger partial charge in [0, 0.05) is 12.2 Å². The van der Waals surface area contributed by atoms with Crippen molar-refractivity contribution in [3.8, 4) is 0 Å². The van der Waals surface area contributed by atoms with Gasteiger partial charge in [-0.05, 0) is 35.4 Å². The second kappa shape index (κ2) is 6.56. The molecule has 0 saturated heterocycles. The number of hydrogen-bond donors (Lipinski definition) is 3. The summed E-state index contributed by atoms with van der Waals surface area (Å²) in [6.45, 7) is 0.568. The summed E-state index contributed by atoms with van der Waals surface area (Å²) in [5, 5.41) is 20.7. The first-order valence-electron chi connectivity index (χ1n) is 6.41. The zero-order valence-corrected chi connectivity index (χ0v) is 11.2. The number of carbonyl (C=O) groups is 2. The Bertz CT molecular complexity index is 632. The first kappa shape index (κ1) is 14.6. The van der Waals surface area contributed by atoms with Gasteiger partial charge in [0.25, 0.3) is 0 Å². The van der Waals surface area contributed by atoms with E-state index in [0.717, 1.165) is 16.8 Å². The lowest BCUT2D eigenvalue weighted by Gasteiger charge is -2.07. The van der Waals surface area contributed by atoms with E-state index in [2.05, 4.69) is 5.32 Å². The Morgan fingerprint density at radius 2 is 1.43 bits per heavy atom. The average molecular weight is 285 g/mol. The molecular formula is C16H15NO4. The van der Waals surface area contributed by atoms with Gasteiger partial charge in [0.15, 0.2) is 0 Å². The molecule has 3 N–H and O–H groups in total. The van der Waals surface area contributed by atoms with E-state index in [1.807, 2.05) is 12.1 Å². The van der Waals surface area contributed by atoms with Crippen LogP contribution in [0.5, 0.6) is 0 Å². The molecule has 2 rings (SSSR count). The molecule has 0 aliphatic carbocycles. The monoisotopic (exact) mass is 285 g/mol. The molecule has 0 heterocycles. The number of nitrogens with one attached hydrogen (secondary N) is 1. The van der Waals surface area contributed by atoms with Crippen molar-refractivity contribution in [3.63, 3.8) is 0 Å². The Labute approximate surface area is 121 Å². The Kier molecular flexibility index (Phi) is 4.56. The normalized spacial score (nSPS) is 10.1. The van der Waals surface area contributed by atoms with Crippen molar-refractivity contribution >= 4 is 17.6 Å². The Hall–Kier alpha value is -2.82. The van der Waals surface area contributed by atoms with Crippen molar-refractivity contribution in [2.75, 3.05) is 5.32 Å². The number of anilines is 1. The lowest BCUT2D eigenvalue weighted by atomic mass is 10.1. The summed E-state index contributed by atoms with van der Waals surface area (Å²) >= 11 is 0. The van der Waals surface area contributed by atoms with Crippen molar-refractivity contribution in [3.05, 3.63) is 65.2 Å². The smallest absolute Gasteiger partial charge is 0.335 e. The highest BCUT2D eigenvalue weighted by atomic mass is 16.4. The summed E-state index contributed by atoms with van der Waals surface area (Å²) in [6.07, 6.45) is 0.0108. The van der Waals surface area contributed by atoms with Crippen LogP contribution in [0, 0.1) is 0 Å². The maximum Gasteiger partial charge on any atom is 0.335 e. The van der Waals surface area contributed by atoms with Gasteiger partial charge in [0.1, 0.15) is 0 Å². The number of aromatic carboxylic acids is 1. The first-order chi connectivity index (χ1) is 10.0. The zero-order chi connectivity index (χ0) is 15.2. The van der Waals surface area contributed by atoms with Gasteiger partial charge in [0.2, 0.25) is 0 Å². The van der Waals surface area contributed by atoms with Crippen LogP contribution < -0.4 is 5.32 Å². The molecule has 0 aliphatic heterocycles. The molecule has 2 aromatic carbocycles. The standard InChI is InChI=1S/C16H15NO4/c18-15(19)9-11-3-7-14(8-4-11)17-10-12-1-5-13(6-2-12)16(20)21/h1-8,17H,9-10H2,(H,18,19)(H,20,21). The maximum atomic E-state index is 10.7. The molecule has 0 radical (unpaired) electrons. The van der Waals surface area contributed by atoms with Crippen LogP contribution in [0.4, 0.5) is 5.69 Å². The third-order valence-corrected chi connectivity index (χ3v) is 3.01. The van der Waals surface area contributed by atoms with Gasteiger partial charge in [0.05, 0.1) is 12.0 Å². The fourth-order valence-electron chi connectivity index (χ4n) is 1.88. The molecule has 0 aliphatic rings. The summed E-state index contributed by atoms with van der Waals surface area (Å²) < 4.78 is 0. The summed E-state index contributed by atoms with van der Waals surface area (Å²) in [5.74, 6) is -1.79. The molecule has 2 aromatic rings. The van der Waals surface area contributed by atoms with Gasteiger partial charge in [-0.1, -0.05) is 24.3 Å². The lowest BCUT2D eigenvalue weighted by molar-refractivity contribution is -0.136. The SMILES string of the molecule is O=C(O)Cc1ccc(NCc2ccc(C(=O)O)cc2)cc1. The van der Waals surface area contributed by atoms with Gasteiger partial charge < -0.3 is 15.5 Å². The molecule has 108 valence electrons. The third kappa shape index (κ3) is 4.35. The molecule has 0 spiro atoms. The van der Waals surface area contributed by atoms with Crippen LogP contribution in [-0.4, -0.2) is 22.2 Å². The Balaban J connectivity index is 1.93. The molecule has 5 heteroatoms. The zero-order valence-electron chi connectivity index (χ0n) is 11.2. The highest BCUT2D eigenvalue weighted by molar-refractivity contribution is 5.87. The minimum Gasteiger partial charge on any atom is -0.481 e. The quantitative estimate of drug-likeness (QED) is 0.759. The molecule has 5 nitrogen and oxygen atoms in total. The van der Waals surface area contributed by atoms with E-state index in [9.17, 15) is 9.59 Å². The number of carboxylic acids is 2. The summed E-state index contributed by atoms with van der Waals surface area (Å²) in [4.78, 5) is 21.3. The molecule has 0 saturated carbocycles. The maximum absolute atomic E-state index is 10.7. The number of rotatable bonds is 6. The van der Waals surface area contributed by atoms with Gasteiger partial charge >= 0.3 is 11.9 Å². The predicted octanol–water partition coefficient (Wildman–Crippen LogP) is 2.62. The van der Waals surface area contributed by atoms with Crippen LogP contribution in [0.25, 0.3) is 0 Å². The van der Waals surface area contributed by atoms with Crippen LogP contribution >= 0.6 is 0 Å². The van der Waals surface area contributed by atoms with Crippen molar-refractivity contribution in [2.24, 2.45) is 0 Å². The summed E-state index contributed by atoms with van der Waals surface area (Å²) in [6, 6.07) is 13.8. The van der Waals surface area contributed by atoms with Gasteiger partial charge in [-0.3, -0.25) is 4.79 Å². The number of carboxylic acid groups (broad SMARTS) is 2. The van der Waals surface area contributed by atoms with E-state index < -0.39 is 11.9 Å². The van der Waals surface area contributed by atoms with Crippen LogP contribution in [-0.2, 0) is 17.8 Å². The highest BCUT2D eigenvalue weighted by Gasteiger charge is 2.02. The molecule has 21 heavy (non-hydrogen) atoms. The summed E-state index contributed by atoms with van der Waals surface area (Å²) in [5.41, 5.74) is 2.86. The minimum absolute atomic E-state index is 0.0108. The van der Waals surface area contributed by atoms with Crippen LogP contribution in [0.15, 0.2) is 48.5 Å². The molecular weight excluding hydrogens is 270 g/mol. The Morgan fingerprint density at radius 1 is 0.857 bits per heavy atom. The molecule has 0 atom stereocenters. The topological polar surface area (TPSA) is 86.6 Å². The molecule has 0 aromatic heterocycles. The van der Waals surface area contributed by atoms with Crippen molar-refractivity contribution in [1.29, 1.82) is 0 Å². The van der Waals surface area contributed by atoms with Crippen molar-refractivity contribution in [2.45, 2.75) is 13.0 Å². The lowest BCUT2D eigenvalue weighted by Crippen LogP contribution is -2.02. The highest BCUT2D eigenvalue weighted by Crippen LogP contribution is 2.12. The van der Waals surface area contributed by atoms with Gasteiger partial charge in [-0.2, -0.15) is 0 Å². The predicted molar refractivity (Wildman–Crippen MR) is 78.5 cm³/mol. The fourth-order valence-corrected chi connectivity index (χ4v) is 1.88. The van der Waals surface area contributed by atoms with E-state index in [4.69, 9.17) is 10.2 Å². The molecule has 0 amide bonds. The minimum atomic E-state index is -0.941. The first-order valence-corrected chi connectivity index (χ1v) is 6.41. The number of hydrogen-bond acceptors (Lipinski definition) is 3. The van der Waals surface area contributed by atoms with E-state index >= 15 is 0 Å². The molecule has 0 unspecified atom stereocenters. The van der Waals surface area contributed by atoms with Crippen molar-refractivity contribution < 1.29 is 19.8 Å². The third-order valence-electron chi connectivity index (χ3n) is 3.01. The molecule has 0 bridgehead atoms. The van der Waals surface area contributed by atoms with Crippen LogP contribution in [0.3, 0.4) is 0 Å². The fraction of sp³-hybridized carbons (Fsp3) is 0.125.